The number of fused-ring (bicyclic) bond motifs is 1. The molecular formula is C25H27F3N2O3. The predicted octanol–water partition coefficient (Wildman–Crippen LogP) is 5.52. The van der Waals surface area contributed by atoms with Crippen molar-refractivity contribution < 1.29 is 27.8 Å². The Morgan fingerprint density at radius 2 is 1.79 bits per heavy atom. The Morgan fingerprint density at radius 3 is 2.42 bits per heavy atom. The summed E-state index contributed by atoms with van der Waals surface area (Å²) < 4.78 is 38.0. The average Bonchev–Trinajstić information content (AvgIpc) is 2.80. The number of piperidine rings is 1. The van der Waals surface area contributed by atoms with E-state index >= 15 is 0 Å². The summed E-state index contributed by atoms with van der Waals surface area (Å²) in [6.45, 7) is 5.67. The normalized spacial score (nSPS) is 16.0. The van der Waals surface area contributed by atoms with Gasteiger partial charge in [-0.15, -0.1) is 0 Å². The summed E-state index contributed by atoms with van der Waals surface area (Å²) in [5, 5.41) is 9.47. The maximum atomic E-state index is 10.6. The second kappa shape index (κ2) is 11.1. The van der Waals surface area contributed by atoms with Gasteiger partial charge in [-0.2, -0.15) is 13.2 Å². The van der Waals surface area contributed by atoms with Gasteiger partial charge in [-0.05, 0) is 54.0 Å². The summed E-state index contributed by atoms with van der Waals surface area (Å²) in [7, 11) is 0. The number of hydrogen-bond acceptors (Lipinski definition) is 4. The molecule has 0 radical (unpaired) electrons. The molecule has 8 heteroatoms. The summed E-state index contributed by atoms with van der Waals surface area (Å²) in [6.07, 6.45) is 1.15. The van der Waals surface area contributed by atoms with Crippen molar-refractivity contribution in [3.8, 4) is 5.75 Å². The van der Waals surface area contributed by atoms with Crippen molar-refractivity contribution in [2.75, 3.05) is 19.6 Å². The van der Waals surface area contributed by atoms with Crippen molar-refractivity contribution in [1.29, 1.82) is 0 Å². The van der Waals surface area contributed by atoms with Gasteiger partial charge in [0.2, 0.25) is 0 Å². The van der Waals surface area contributed by atoms with Crippen LogP contribution in [0.15, 0.2) is 67.0 Å². The number of carboxylic acids is 1. The number of aliphatic carboxylic acids is 1. The van der Waals surface area contributed by atoms with E-state index in [0.29, 0.717) is 12.0 Å². The van der Waals surface area contributed by atoms with Crippen LogP contribution in [0.5, 0.6) is 5.75 Å². The van der Waals surface area contributed by atoms with Crippen molar-refractivity contribution in [2.45, 2.75) is 38.0 Å². The standard InChI is InChI=1S/C23H26N2O.C2HF3O2/c1-18(19-5-3-2-4-6-19)17-25-13-10-22(11-14-25)26-23-8-7-21-16-24-12-9-20(21)15-23;3-2(4,5)1(6)7/h2-9,12,15-16,18,22H,10-11,13-14,17H2,1H3;(H,6,7). The SMILES string of the molecule is CC(CN1CCC(Oc2ccc3cnccc3c2)CC1)c1ccccc1.O=C(O)C(F)(F)F. The molecule has 0 amide bonds. The van der Waals surface area contributed by atoms with Crippen LogP contribution >= 0.6 is 0 Å². The number of aromatic nitrogens is 1. The van der Waals surface area contributed by atoms with E-state index in [1.54, 1.807) is 0 Å². The van der Waals surface area contributed by atoms with E-state index in [2.05, 4.69) is 65.3 Å². The molecule has 176 valence electrons. The number of alkyl halides is 3. The fourth-order valence-electron chi connectivity index (χ4n) is 3.81. The molecule has 5 nitrogen and oxygen atoms in total. The quantitative estimate of drug-likeness (QED) is 0.544. The van der Waals surface area contributed by atoms with Gasteiger partial charge in [-0.3, -0.25) is 4.98 Å². The molecular weight excluding hydrogens is 433 g/mol. The van der Waals surface area contributed by atoms with Crippen LogP contribution in [0, 0.1) is 0 Å². The van der Waals surface area contributed by atoms with Crippen molar-refractivity contribution in [3.63, 3.8) is 0 Å². The van der Waals surface area contributed by atoms with Gasteiger partial charge in [-0.1, -0.05) is 37.3 Å². The van der Waals surface area contributed by atoms with Gasteiger partial charge in [0.05, 0.1) is 0 Å². The second-order valence-corrected chi connectivity index (χ2v) is 8.12. The van der Waals surface area contributed by atoms with Crippen molar-refractivity contribution in [1.82, 2.24) is 9.88 Å². The number of ether oxygens (including phenoxy) is 1. The lowest BCUT2D eigenvalue weighted by Crippen LogP contribution is -2.39. The van der Waals surface area contributed by atoms with Crippen LogP contribution in [0.3, 0.4) is 0 Å². The summed E-state index contributed by atoms with van der Waals surface area (Å²) in [5.74, 6) is -1.21. The molecule has 2 heterocycles. The van der Waals surface area contributed by atoms with E-state index in [1.807, 2.05) is 18.5 Å². The molecule has 2 aromatic carbocycles. The maximum absolute atomic E-state index is 10.6. The first kappa shape index (κ1) is 24.5. The zero-order chi connectivity index (χ0) is 23.8. The van der Waals surface area contributed by atoms with E-state index in [4.69, 9.17) is 14.6 Å². The molecule has 1 N–H and O–H groups in total. The molecule has 4 rings (SSSR count). The number of hydrogen-bond donors (Lipinski definition) is 1. The van der Waals surface area contributed by atoms with Crippen LogP contribution < -0.4 is 4.74 Å². The van der Waals surface area contributed by atoms with Crippen molar-refractivity contribution in [2.24, 2.45) is 0 Å². The van der Waals surface area contributed by atoms with Gasteiger partial charge in [0.25, 0.3) is 0 Å². The molecule has 33 heavy (non-hydrogen) atoms. The number of likely N-dealkylation sites (tertiary alicyclic amines) is 1. The van der Waals surface area contributed by atoms with Crippen LogP contribution in [0.4, 0.5) is 13.2 Å². The van der Waals surface area contributed by atoms with E-state index in [9.17, 15) is 13.2 Å². The smallest absolute Gasteiger partial charge is 0.490 e. The van der Waals surface area contributed by atoms with Crippen molar-refractivity contribution in [3.05, 3.63) is 72.6 Å². The van der Waals surface area contributed by atoms with Crippen LogP contribution in [-0.2, 0) is 4.79 Å². The molecule has 0 aliphatic carbocycles. The lowest BCUT2D eigenvalue weighted by Gasteiger charge is -2.33. The average molecular weight is 460 g/mol. The first-order valence-corrected chi connectivity index (χ1v) is 10.8. The summed E-state index contributed by atoms with van der Waals surface area (Å²) in [5.41, 5.74) is 1.43. The van der Waals surface area contributed by atoms with Gasteiger partial charge in [-0.25, -0.2) is 4.79 Å². The molecule has 0 saturated carbocycles. The third-order valence-electron chi connectivity index (χ3n) is 5.59. The third kappa shape index (κ3) is 7.46. The summed E-state index contributed by atoms with van der Waals surface area (Å²) >= 11 is 0. The van der Waals surface area contributed by atoms with E-state index in [0.717, 1.165) is 43.6 Å². The highest BCUT2D eigenvalue weighted by Gasteiger charge is 2.38. The van der Waals surface area contributed by atoms with E-state index < -0.39 is 12.1 Å². The Balaban J connectivity index is 0.000000383. The zero-order valence-electron chi connectivity index (χ0n) is 18.3. The Hall–Kier alpha value is -3.13. The number of halogens is 3. The van der Waals surface area contributed by atoms with E-state index in [1.165, 1.54) is 10.9 Å². The number of rotatable bonds is 5. The van der Waals surface area contributed by atoms with Gasteiger partial charge >= 0.3 is 12.1 Å². The summed E-state index contributed by atoms with van der Waals surface area (Å²) in [6, 6.07) is 19.1. The van der Waals surface area contributed by atoms with Gasteiger partial charge in [0.1, 0.15) is 11.9 Å². The second-order valence-electron chi connectivity index (χ2n) is 8.12. The van der Waals surface area contributed by atoms with Crippen molar-refractivity contribution >= 4 is 16.7 Å². The maximum Gasteiger partial charge on any atom is 0.490 e. The Morgan fingerprint density at radius 1 is 1.12 bits per heavy atom. The Bertz CT molecular complexity index is 1040. The first-order chi connectivity index (χ1) is 15.7. The number of benzene rings is 2. The topological polar surface area (TPSA) is 62.7 Å². The lowest BCUT2D eigenvalue weighted by molar-refractivity contribution is -0.192. The lowest BCUT2D eigenvalue weighted by atomic mass is 9.99. The molecule has 1 aliphatic heterocycles. The largest absolute Gasteiger partial charge is 0.490 e. The fraction of sp³-hybridized carbons (Fsp3) is 0.360. The minimum atomic E-state index is -5.08. The minimum absolute atomic E-state index is 0.317. The molecule has 1 aliphatic rings. The van der Waals surface area contributed by atoms with Crippen LogP contribution in [0.25, 0.3) is 10.8 Å². The molecule has 1 saturated heterocycles. The van der Waals surface area contributed by atoms with Gasteiger partial charge in [0.15, 0.2) is 0 Å². The molecule has 1 aromatic heterocycles. The number of carboxylic acid groups (broad SMARTS) is 1. The number of carbonyl (C=O) groups is 1. The van der Waals surface area contributed by atoms with Crippen LogP contribution in [0.1, 0.15) is 31.2 Å². The Labute approximate surface area is 190 Å². The first-order valence-electron chi connectivity index (χ1n) is 10.8. The number of nitrogens with zero attached hydrogens (tertiary/aromatic N) is 2. The number of pyridine rings is 1. The fourth-order valence-corrected chi connectivity index (χ4v) is 3.81. The monoisotopic (exact) mass is 460 g/mol. The van der Waals surface area contributed by atoms with Gasteiger partial charge in [0, 0.05) is 37.4 Å². The third-order valence-corrected chi connectivity index (χ3v) is 5.59. The molecule has 1 unspecified atom stereocenters. The minimum Gasteiger partial charge on any atom is -0.490 e. The Kier molecular flexibility index (Phi) is 8.27. The highest BCUT2D eigenvalue weighted by Crippen LogP contribution is 2.25. The molecule has 1 fully saturated rings. The molecule has 3 aromatic rings. The predicted molar refractivity (Wildman–Crippen MR) is 120 cm³/mol. The zero-order valence-corrected chi connectivity index (χ0v) is 18.3. The summed E-state index contributed by atoms with van der Waals surface area (Å²) in [4.78, 5) is 15.6. The molecule has 0 bridgehead atoms. The molecule has 0 spiro atoms. The van der Waals surface area contributed by atoms with Crippen LogP contribution in [0.2, 0.25) is 0 Å². The molecule has 1 atom stereocenters. The van der Waals surface area contributed by atoms with E-state index in [-0.39, 0.29) is 0 Å². The highest BCUT2D eigenvalue weighted by molar-refractivity contribution is 5.82. The van der Waals surface area contributed by atoms with Crippen LogP contribution in [-0.4, -0.2) is 52.9 Å². The highest BCUT2D eigenvalue weighted by atomic mass is 19.4. The van der Waals surface area contributed by atoms with Gasteiger partial charge < -0.3 is 14.7 Å².